The first-order valence-electron chi connectivity index (χ1n) is 9.80. The van der Waals surface area contributed by atoms with Gasteiger partial charge in [0.15, 0.2) is 0 Å². The molecule has 4 heteroatoms. The smallest absolute Gasteiger partial charge is 0.204 e. The zero-order valence-electron chi connectivity index (χ0n) is 15.8. The number of aryl methyl sites for hydroxylation is 1. The third kappa shape index (κ3) is 2.85. The molecule has 5 rings (SSSR count). The van der Waals surface area contributed by atoms with Crippen molar-refractivity contribution in [3.05, 3.63) is 95.3 Å². The van der Waals surface area contributed by atoms with Crippen molar-refractivity contribution in [1.82, 2.24) is 9.55 Å². The maximum absolute atomic E-state index is 13.4. The third-order valence-corrected chi connectivity index (χ3v) is 5.71. The van der Waals surface area contributed by atoms with Crippen molar-refractivity contribution in [2.75, 3.05) is 5.32 Å². The third-order valence-electron chi connectivity index (χ3n) is 5.71. The average Bonchev–Trinajstić information content (AvgIpc) is 3.12. The lowest BCUT2D eigenvalue weighted by Crippen LogP contribution is -2.27. The summed E-state index contributed by atoms with van der Waals surface area (Å²) >= 11 is 0. The van der Waals surface area contributed by atoms with Gasteiger partial charge in [0.1, 0.15) is 5.82 Å². The van der Waals surface area contributed by atoms with Gasteiger partial charge in [-0.3, -0.25) is 0 Å². The predicted octanol–water partition coefficient (Wildman–Crippen LogP) is 5.88. The number of anilines is 1. The van der Waals surface area contributed by atoms with Crippen LogP contribution in [-0.4, -0.2) is 9.55 Å². The topological polar surface area (TPSA) is 29.9 Å². The van der Waals surface area contributed by atoms with Crippen molar-refractivity contribution in [3.63, 3.8) is 0 Å². The van der Waals surface area contributed by atoms with Crippen LogP contribution in [0.15, 0.2) is 72.8 Å². The molecule has 2 heterocycles. The average molecular weight is 371 g/mol. The first-order valence-corrected chi connectivity index (χ1v) is 9.80. The van der Waals surface area contributed by atoms with E-state index in [1.807, 2.05) is 24.3 Å². The number of nitrogens with one attached hydrogen (secondary N) is 1. The van der Waals surface area contributed by atoms with Gasteiger partial charge in [-0.1, -0.05) is 55.5 Å². The van der Waals surface area contributed by atoms with Gasteiger partial charge in [-0.15, -0.1) is 0 Å². The predicted molar refractivity (Wildman–Crippen MR) is 111 cm³/mol. The molecule has 1 N–H and O–H groups in total. The number of nitrogens with zero attached hydrogens (tertiary/aromatic N) is 2. The molecular weight excluding hydrogens is 349 g/mol. The van der Waals surface area contributed by atoms with Gasteiger partial charge in [0.05, 0.1) is 23.1 Å². The second kappa shape index (κ2) is 6.79. The molecule has 4 aromatic rings. The summed E-state index contributed by atoms with van der Waals surface area (Å²) in [5.74, 6) is 0.657. The standard InChI is InChI=1S/C24H22FN3/c1-2-16-7-9-18(10-8-16)23-15-21(17-11-13-19(25)14-12-17)27-24-26-20-5-3-4-6-22(20)28(23)24/h3-14,21,23H,2,15H2,1H3,(H,26,27)/t21-,23-/m0/s1. The molecular formula is C24H22FN3. The second-order valence-corrected chi connectivity index (χ2v) is 7.39. The lowest BCUT2D eigenvalue weighted by atomic mass is 9.92. The summed E-state index contributed by atoms with van der Waals surface area (Å²) in [4.78, 5) is 4.83. The molecule has 3 aromatic carbocycles. The van der Waals surface area contributed by atoms with Crippen molar-refractivity contribution in [2.45, 2.75) is 31.8 Å². The number of rotatable bonds is 3. The second-order valence-electron chi connectivity index (χ2n) is 7.39. The van der Waals surface area contributed by atoms with Gasteiger partial charge in [-0.25, -0.2) is 9.37 Å². The molecule has 1 aliphatic heterocycles. The molecule has 28 heavy (non-hydrogen) atoms. The minimum Gasteiger partial charge on any atom is -0.349 e. The normalized spacial score (nSPS) is 18.6. The Morgan fingerprint density at radius 3 is 2.43 bits per heavy atom. The molecule has 0 unspecified atom stereocenters. The van der Waals surface area contributed by atoms with Crippen molar-refractivity contribution >= 4 is 17.0 Å². The van der Waals surface area contributed by atoms with Crippen molar-refractivity contribution in [2.24, 2.45) is 0 Å². The van der Waals surface area contributed by atoms with E-state index in [1.54, 1.807) is 0 Å². The van der Waals surface area contributed by atoms with Crippen molar-refractivity contribution in [3.8, 4) is 0 Å². The lowest BCUT2D eigenvalue weighted by Gasteiger charge is -2.33. The van der Waals surface area contributed by atoms with E-state index in [0.29, 0.717) is 0 Å². The molecule has 2 atom stereocenters. The van der Waals surface area contributed by atoms with Crippen molar-refractivity contribution in [1.29, 1.82) is 0 Å². The summed E-state index contributed by atoms with van der Waals surface area (Å²) in [6.07, 6.45) is 1.91. The summed E-state index contributed by atoms with van der Waals surface area (Å²) in [7, 11) is 0. The van der Waals surface area contributed by atoms with Gasteiger partial charge in [-0.05, 0) is 53.8 Å². The number of aromatic nitrogens is 2. The molecule has 1 aromatic heterocycles. The van der Waals surface area contributed by atoms with E-state index in [9.17, 15) is 4.39 Å². The highest BCUT2D eigenvalue weighted by Gasteiger charge is 2.30. The first-order chi connectivity index (χ1) is 13.7. The van der Waals surface area contributed by atoms with Crippen LogP contribution in [0, 0.1) is 5.82 Å². The zero-order chi connectivity index (χ0) is 19.1. The summed E-state index contributed by atoms with van der Waals surface area (Å²) in [5, 5.41) is 3.57. The summed E-state index contributed by atoms with van der Waals surface area (Å²) in [6, 6.07) is 24.2. The van der Waals surface area contributed by atoms with Crippen molar-refractivity contribution < 1.29 is 4.39 Å². The highest BCUT2D eigenvalue weighted by atomic mass is 19.1. The minimum atomic E-state index is -0.210. The Balaban J connectivity index is 1.63. The van der Waals surface area contributed by atoms with Gasteiger partial charge in [-0.2, -0.15) is 0 Å². The number of hydrogen-bond donors (Lipinski definition) is 1. The maximum atomic E-state index is 13.4. The molecule has 0 radical (unpaired) electrons. The van der Waals surface area contributed by atoms with E-state index >= 15 is 0 Å². The Bertz CT molecular complexity index is 1110. The highest BCUT2D eigenvalue weighted by molar-refractivity contribution is 5.79. The van der Waals surface area contributed by atoms with Crippen LogP contribution in [0.25, 0.3) is 11.0 Å². The largest absolute Gasteiger partial charge is 0.349 e. The maximum Gasteiger partial charge on any atom is 0.204 e. The summed E-state index contributed by atoms with van der Waals surface area (Å²) < 4.78 is 15.7. The lowest BCUT2D eigenvalue weighted by molar-refractivity contribution is 0.477. The fourth-order valence-electron chi connectivity index (χ4n) is 4.18. The Kier molecular flexibility index (Phi) is 4.12. The summed E-state index contributed by atoms with van der Waals surface area (Å²) in [6.45, 7) is 2.17. The van der Waals surface area contributed by atoms with E-state index in [0.717, 1.165) is 35.4 Å². The van der Waals surface area contributed by atoms with Gasteiger partial charge < -0.3 is 9.88 Å². The van der Waals surface area contributed by atoms with Gasteiger partial charge in [0, 0.05) is 0 Å². The van der Waals surface area contributed by atoms with Gasteiger partial charge in [0.25, 0.3) is 0 Å². The van der Waals surface area contributed by atoms with Crippen LogP contribution >= 0.6 is 0 Å². The number of halogens is 1. The monoisotopic (exact) mass is 371 g/mol. The Labute approximate surface area is 163 Å². The minimum absolute atomic E-state index is 0.0840. The van der Waals surface area contributed by atoms with E-state index in [-0.39, 0.29) is 17.9 Å². The Morgan fingerprint density at radius 1 is 0.964 bits per heavy atom. The van der Waals surface area contributed by atoms with Crippen LogP contribution in [0.4, 0.5) is 10.3 Å². The molecule has 0 spiro atoms. The molecule has 0 bridgehead atoms. The fourth-order valence-corrected chi connectivity index (χ4v) is 4.18. The molecule has 0 amide bonds. The quantitative estimate of drug-likeness (QED) is 0.487. The Hall–Kier alpha value is -3.14. The molecule has 1 aliphatic rings. The number of para-hydroxylation sites is 2. The van der Waals surface area contributed by atoms with Crippen LogP contribution < -0.4 is 5.32 Å². The van der Waals surface area contributed by atoms with Crippen LogP contribution in [0.2, 0.25) is 0 Å². The number of imidazole rings is 1. The van der Waals surface area contributed by atoms with Crippen LogP contribution in [0.5, 0.6) is 0 Å². The molecule has 0 fully saturated rings. The molecule has 3 nitrogen and oxygen atoms in total. The fraction of sp³-hybridized carbons (Fsp3) is 0.208. The Morgan fingerprint density at radius 2 is 1.68 bits per heavy atom. The molecule has 0 saturated heterocycles. The molecule has 0 aliphatic carbocycles. The number of fused-ring (bicyclic) bond motifs is 3. The molecule has 0 saturated carbocycles. The van der Waals surface area contributed by atoms with Crippen LogP contribution in [0.3, 0.4) is 0 Å². The van der Waals surface area contributed by atoms with E-state index in [4.69, 9.17) is 4.98 Å². The SMILES string of the molecule is CCc1ccc([C@@H]2C[C@@H](c3ccc(F)cc3)Nc3nc4ccccc4n32)cc1. The van der Waals surface area contributed by atoms with Crippen LogP contribution in [0.1, 0.15) is 42.1 Å². The number of hydrogen-bond acceptors (Lipinski definition) is 2. The number of benzene rings is 3. The first kappa shape index (κ1) is 17.0. The zero-order valence-corrected chi connectivity index (χ0v) is 15.8. The van der Waals surface area contributed by atoms with Crippen LogP contribution in [-0.2, 0) is 6.42 Å². The summed E-state index contributed by atoms with van der Waals surface area (Å²) in [5.41, 5.74) is 5.81. The van der Waals surface area contributed by atoms with E-state index in [2.05, 4.69) is 53.2 Å². The van der Waals surface area contributed by atoms with E-state index in [1.165, 1.54) is 23.3 Å². The van der Waals surface area contributed by atoms with Gasteiger partial charge >= 0.3 is 0 Å². The highest BCUT2D eigenvalue weighted by Crippen LogP contribution is 2.41. The van der Waals surface area contributed by atoms with E-state index < -0.39 is 0 Å². The van der Waals surface area contributed by atoms with Gasteiger partial charge in [0.2, 0.25) is 5.95 Å². The molecule has 140 valence electrons.